The van der Waals surface area contributed by atoms with Gasteiger partial charge >= 0.3 is 0 Å². The van der Waals surface area contributed by atoms with Crippen LogP contribution in [0.25, 0.3) is 11.1 Å². The van der Waals surface area contributed by atoms with Gasteiger partial charge in [0.25, 0.3) is 20.2 Å². The lowest BCUT2D eigenvalue weighted by Gasteiger charge is -2.23. The maximum Gasteiger partial charge on any atom is 0.267 e. The molecular weight excluding hydrogens is 460 g/mol. The average molecular weight is 489 g/mol. The summed E-state index contributed by atoms with van der Waals surface area (Å²) in [6.45, 7) is 3.46. The van der Waals surface area contributed by atoms with Gasteiger partial charge in [0.15, 0.2) is 0 Å². The highest BCUT2D eigenvalue weighted by Crippen LogP contribution is 2.36. The molecule has 0 bridgehead atoms. The molecular formula is C20H28N2O8S2. The Balaban J connectivity index is 2.69. The third kappa shape index (κ3) is 7.15. The second-order valence-electron chi connectivity index (χ2n) is 7.89. The number of nitrogens with two attached hydrogens (primary N) is 2. The number of hydrogen-bond donors (Lipinski definition) is 6. The van der Waals surface area contributed by atoms with Gasteiger partial charge in [0.05, 0.1) is 12.2 Å². The second kappa shape index (κ2) is 9.73. The fourth-order valence-corrected chi connectivity index (χ4v) is 4.83. The van der Waals surface area contributed by atoms with Gasteiger partial charge in [-0.2, -0.15) is 16.8 Å². The van der Waals surface area contributed by atoms with Gasteiger partial charge in [0.1, 0.15) is 11.5 Å². The Kier molecular flexibility index (Phi) is 7.92. The van der Waals surface area contributed by atoms with Gasteiger partial charge in [-0.25, -0.2) is 0 Å². The highest BCUT2D eigenvalue weighted by Gasteiger charge is 2.24. The fourth-order valence-electron chi connectivity index (χ4n) is 3.62. The van der Waals surface area contributed by atoms with Gasteiger partial charge in [-0.1, -0.05) is 6.07 Å². The van der Waals surface area contributed by atoms with Crippen LogP contribution in [0, 0.1) is 13.8 Å². The molecule has 2 unspecified atom stereocenters. The lowest BCUT2D eigenvalue weighted by atomic mass is 9.85. The van der Waals surface area contributed by atoms with Crippen molar-refractivity contribution in [3.8, 4) is 11.1 Å². The van der Waals surface area contributed by atoms with Crippen molar-refractivity contribution in [2.45, 2.75) is 38.9 Å². The number of benzene rings is 2. The number of hydrogen-bond acceptors (Lipinski definition) is 8. The quantitative estimate of drug-likeness (QED) is 0.216. The lowest BCUT2D eigenvalue weighted by molar-refractivity contribution is 0.194. The molecule has 0 fully saturated rings. The maximum atomic E-state index is 11.2. The van der Waals surface area contributed by atoms with Crippen LogP contribution in [-0.4, -0.2) is 59.9 Å². The van der Waals surface area contributed by atoms with Crippen LogP contribution in [0.4, 0.5) is 11.4 Å². The van der Waals surface area contributed by atoms with E-state index in [1.165, 1.54) is 0 Å². The van der Waals surface area contributed by atoms with Crippen LogP contribution >= 0.6 is 0 Å². The van der Waals surface area contributed by atoms with Gasteiger partial charge in [-0.15, -0.1) is 0 Å². The van der Waals surface area contributed by atoms with E-state index in [0.29, 0.717) is 33.5 Å². The third-order valence-corrected chi connectivity index (χ3v) is 6.71. The Morgan fingerprint density at radius 1 is 0.844 bits per heavy atom. The molecule has 32 heavy (non-hydrogen) atoms. The lowest BCUT2D eigenvalue weighted by Crippen LogP contribution is -2.25. The van der Waals surface area contributed by atoms with Crippen molar-refractivity contribution in [2.24, 2.45) is 0 Å². The Labute approximate surface area is 187 Å². The molecule has 0 aliphatic rings. The Morgan fingerprint density at radius 2 is 1.38 bits per heavy atom. The number of aryl methyl sites for hydroxylation is 1. The summed E-state index contributed by atoms with van der Waals surface area (Å²) in [5.41, 5.74) is 16.2. The predicted octanol–water partition coefficient (Wildman–Crippen LogP) is 0.717. The first-order valence-corrected chi connectivity index (χ1v) is 12.8. The maximum absolute atomic E-state index is 11.2. The van der Waals surface area contributed by atoms with E-state index in [1.54, 1.807) is 38.1 Å². The molecule has 0 saturated heterocycles. The van der Waals surface area contributed by atoms with E-state index in [4.69, 9.17) is 20.6 Å². The van der Waals surface area contributed by atoms with Gasteiger partial charge in [0.2, 0.25) is 0 Å². The molecule has 8 N–H and O–H groups in total. The molecule has 0 heterocycles. The number of rotatable bonds is 9. The van der Waals surface area contributed by atoms with Gasteiger partial charge in [-0.3, -0.25) is 9.11 Å². The van der Waals surface area contributed by atoms with E-state index < -0.39 is 43.9 Å². The largest absolute Gasteiger partial charge is 0.399 e. The summed E-state index contributed by atoms with van der Waals surface area (Å²) in [4.78, 5) is 0. The van der Waals surface area contributed by atoms with E-state index in [2.05, 4.69) is 0 Å². The molecule has 2 atom stereocenters. The summed E-state index contributed by atoms with van der Waals surface area (Å²) in [5, 5.41) is 20.5. The molecule has 0 amide bonds. The zero-order valence-corrected chi connectivity index (χ0v) is 19.3. The van der Waals surface area contributed by atoms with Crippen molar-refractivity contribution < 1.29 is 36.2 Å². The van der Waals surface area contributed by atoms with E-state index in [-0.39, 0.29) is 18.5 Å². The Morgan fingerprint density at radius 3 is 1.88 bits per heavy atom. The number of nitrogen functional groups attached to an aromatic ring is 2. The van der Waals surface area contributed by atoms with E-state index in [9.17, 15) is 27.0 Å². The van der Waals surface area contributed by atoms with Crippen molar-refractivity contribution in [1.82, 2.24) is 0 Å². The molecule has 178 valence electrons. The highest BCUT2D eigenvalue weighted by molar-refractivity contribution is 7.86. The van der Waals surface area contributed by atoms with Gasteiger partial charge in [0, 0.05) is 24.2 Å². The van der Waals surface area contributed by atoms with Crippen LogP contribution in [0.3, 0.4) is 0 Å². The van der Waals surface area contributed by atoms with Gasteiger partial charge < -0.3 is 21.7 Å². The van der Waals surface area contributed by atoms with E-state index in [1.807, 2.05) is 0 Å². The molecule has 0 radical (unpaired) electrons. The summed E-state index contributed by atoms with van der Waals surface area (Å²) >= 11 is 0. The van der Waals surface area contributed by atoms with Crippen molar-refractivity contribution in [1.29, 1.82) is 0 Å². The summed E-state index contributed by atoms with van der Waals surface area (Å²) in [5.74, 6) is -1.77. The Bertz CT molecular complexity index is 1210. The summed E-state index contributed by atoms with van der Waals surface area (Å²) in [6, 6.07) is 6.68. The summed E-state index contributed by atoms with van der Waals surface area (Å²) in [7, 11) is -8.87. The van der Waals surface area contributed by atoms with Crippen molar-refractivity contribution in [2.75, 3.05) is 23.0 Å². The first-order chi connectivity index (χ1) is 14.6. The highest BCUT2D eigenvalue weighted by atomic mass is 32.2. The molecule has 2 aromatic rings. The predicted molar refractivity (Wildman–Crippen MR) is 122 cm³/mol. The summed E-state index contributed by atoms with van der Waals surface area (Å²) in [6.07, 6.45) is -3.27. The van der Waals surface area contributed by atoms with Crippen LogP contribution in [0.1, 0.15) is 22.3 Å². The van der Waals surface area contributed by atoms with Crippen LogP contribution in [-0.2, 0) is 33.1 Å². The van der Waals surface area contributed by atoms with Crippen molar-refractivity contribution >= 4 is 31.6 Å². The average Bonchev–Trinajstić information content (AvgIpc) is 2.59. The minimum Gasteiger partial charge on any atom is -0.399 e. The molecule has 0 aromatic heterocycles. The van der Waals surface area contributed by atoms with Gasteiger partial charge in [-0.05, 0) is 65.4 Å². The zero-order chi connectivity index (χ0) is 24.4. The van der Waals surface area contributed by atoms with Crippen LogP contribution in [0.5, 0.6) is 0 Å². The molecule has 12 heteroatoms. The normalized spacial score (nSPS) is 14.3. The topological polar surface area (TPSA) is 201 Å². The second-order valence-corrected chi connectivity index (χ2v) is 10.9. The monoisotopic (exact) mass is 488 g/mol. The van der Waals surface area contributed by atoms with E-state index in [0.717, 1.165) is 5.56 Å². The smallest absolute Gasteiger partial charge is 0.267 e. The minimum absolute atomic E-state index is 0.184. The number of aliphatic hydroxyl groups excluding tert-OH is 2. The van der Waals surface area contributed by atoms with Crippen molar-refractivity contribution in [3.05, 3.63) is 46.5 Å². The molecule has 0 saturated carbocycles. The molecule has 2 aromatic carbocycles. The zero-order valence-electron chi connectivity index (χ0n) is 17.7. The standard InChI is InChI=1S/C20H28N2O8S2/c1-11-5-13(3-4-18(11)21)20-14(6-15(23)9-31(25,26)27)7-19(22)12(2)17(20)8-16(24)10-32(28,29)30/h3-5,7,15-16,23-24H,6,8-10,21-22H2,1-2H3,(H,25,26,27)(H,28,29,30). The minimum atomic E-state index is -4.44. The van der Waals surface area contributed by atoms with Crippen LogP contribution < -0.4 is 11.5 Å². The first kappa shape index (κ1) is 26.0. The SMILES string of the molecule is Cc1cc(-c2c(CC(O)CS(=O)(=O)O)cc(N)c(C)c2CC(O)CS(=O)(=O)O)ccc1N. The van der Waals surface area contributed by atoms with Crippen LogP contribution in [0.2, 0.25) is 0 Å². The molecule has 0 aliphatic heterocycles. The molecule has 10 nitrogen and oxygen atoms in total. The van der Waals surface area contributed by atoms with E-state index >= 15 is 0 Å². The Hall–Kier alpha value is -2.22. The molecule has 2 rings (SSSR count). The molecule has 0 aliphatic carbocycles. The fraction of sp³-hybridized carbons (Fsp3) is 0.400. The third-order valence-electron chi connectivity index (χ3n) is 5.10. The number of anilines is 2. The number of aliphatic hydroxyl groups is 2. The first-order valence-electron chi connectivity index (χ1n) is 9.61. The summed E-state index contributed by atoms with van der Waals surface area (Å²) < 4.78 is 62.9. The molecule has 0 spiro atoms. The van der Waals surface area contributed by atoms with Crippen molar-refractivity contribution in [3.63, 3.8) is 0 Å². The van der Waals surface area contributed by atoms with Crippen LogP contribution in [0.15, 0.2) is 24.3 Å².